The molecular formula is C14H21NO4. The second kappa shape index (κ2) is 8.74. The van der Waals surface area contributed by atoms with Crippen LogP contribution in [0.3, 0.4) is 0 Å². The van der Waals surface area contributed by atoms with Crippen LogP contribution < -0.4 is 14.8 Å². The van der Waals surface area contributed by atoms with Gasteiger partial charge in [0.05, 0.1) is 26.4 Å². The summed E-state index contributed by atoms with van der Waals surface area (Å²) < 4.78 is 22.2. The highest BCUT2D eigenvalue weighted by Crippen LogP contribution is 2.26. The summed E-state index contributed by atoms with van der Waals surface area (Å²) in [6.07, 6.45) is 0. The fraction of sp³-hybridized carbons (Fsp3) is 0.571. The van der Waals surface area contributed by atoms with Gasteiger partial charge in [-0.15, -0.1) is 0 Å². The first kappa shape index (κ1) is 14.1. The first-order valence-corrected chi connectivity index (χ1v) is 6.67. The largest absolute Gasteiger partial charge is 0.487 e. The summed E-state index contributed by atoms with van der Waals surface area (Å²) in [5, 5.41) is 3.24. The maximum absolute atomic E-state index is 5.65. The Balaban J connectivity index is 1.87. The molecule has 19 heavy (non-hydrogen) atoms. The molecule has 0 saturated heterocycles. The Morgan fingerprint density at radius 3 is 1.74 bits per heavy atom. The van der Waals surface area contributed by atoms with E-state index < -0.39 is 0 Å². The van der Waals surface area contributed by atoms with Crippen molar-refractivity contribution >= 4 is 0 Å². The highest BCUT2D eigenvalue weighted by Gasteiger charge is 2.04. The maximum Gasteiger partial charge on any atom is 0.161 e. The summed E-state index contributed by atoms with van der Waals surface area (Å²) in [6, 6.07) is 7.65. The molecule has 0 bridgehead atoms. The minimum absolute atomic E-state index is 0.525. The Morgan fingerprint density at radius 2 is 1.21 bits per heavy atom. The van der Waals surface area contributed by atoms with Gasteiger partial charge in [0.2, 0.25) is 0 Å². The molecule has 1 N–H and O–H groups in total. The molecule has 0 unspecified atom stereocenters. The molecule has 0 amide bonds. The van der Waals surface area contributed by atoms with E-state index in [1.54, 1.807) is 0 Å². The zero-order valence-electron chi connectivity index (χ0n) is 11.1. The van der Waals surface area contributed by atoms with Gasteiger partial charge >= 0.3 is 0 Å². The Bertz CT molecular complexity index is 326. The third-order valence-corrected chi connectivity index (χ3v) is 2.67. The molecule has 1 aromatic carbocycles. The van der Waals surface area contributed by atoms with Gasteiger partial charge in [-0.05, 0) is 12.1 Å². The zero-order chi connectivity index (χ0) is 13.2. The average Bonchev–Trinajstić information content (AvgIpc) is 2.45. The molecule has 1 aliphatic heterocycles. The van der Waals surface area contributed by atoms with Crippen LogP contribution in [0.25, 0.3) is 0 Å². The van der Waals surface area contributed by atoms with Crippen LogP contribution in [-0.4, -0.2) is 52.7 Å². The van der Waals surface area contributed by atoms with Gasteiger partial charge in [-0.2, -0.15) is 0 Å². The monoisotopic (exact) mass is 267 g/mol. The molecule has 1 aliphatic rings. The zero-order valence-corrected chi connectivity index (χ0v) is 11.1. The minimum atomic E-state index is 0.525. The number of benzene rings is 1. The fourth-order valence-electron chi connectivity index (χ4n) is 1.73. The lowest BCUT2D eigenvalue weighted by Gasteiger charge is -2.12. The van der Waals surface area contributed by atoms with E-state index >= 15 is 0 Å². The standard InChI is InChI=1S/C14H21NO4/c1-2-4-14-13(3-1)18-11-9-16-7-5-15-6-8-17-10-12-19-14/h1-4,15H,5-12H2. The van der Waals surface area contributed by atoms with Crippen molar-refractivity contribution in [2.45, 2.75) is 0 Å². The third-order valence-electron chi connectivity index (χ3n) is 2.67. The predicted octanol–water partition coefficient (Wildman–Crippen LogP) is 1.08. The van der Waals surface area contributed by atoms with E-state index in [2.05, 4.69) is 5.32 Å². The van der Waals surface area contributed by atoms with Crippen LogP contribution in [0.15, 0.2) is 24.3 Å². The molecule has 0 aliphatic carbocycles. The van der Waals surface area contributed by atoms with Crippen molar-refractivity contribution < 1.29 is 18.9 Å². The Kier molecular flexibility index (Phi) is 6.49. The quantitative estimate of drug-likeness (QED) is 0.762. The van der Waals surface area contributed by atoms with E-state index in [0.29, 0.717) is 39.6 Å². The summed E-state index contributed by atoms with van der Waals surface area (Å²) in [6.45, 7) is 5.22. The van der Waals surface area contributed by atoms with E-state index in [1.807, 2.05) is 24.3 Å². The summed E-state index contributed by atoms with van der Waals surface area (Å²) in [5.41, 5.74) is 0. The van der Waals surface area contributed by atoms with E-state index in [1.165, 1.54) is 0 Å². The molecule has 1 heterocycles. The number of nitrogens with one attached hydrogen (secondary N) is 1. The van der Waals surface area contributed by atoms with E-state index in [4.69, 9.17) is 18.9 Å². The Morgan fingerprint density at radius 1 is 0.684 bits per heavy atom. The highest BCUT2D eigenvalue weighted by atomic mass is 16.6. The molecule has 106 valence electrons. The lowest BCUT2D eigenvalue weighted by atomic mass is 10.3. The Hall–Kier alpha value is -1.30. The van der Waals surface area contributed by atoms with Crippen molar-refractivity contribution in [2.75, 3.05) is 52.7 Å². The highest BCUT2D eigenvalue weighted by molar-refractivity contribution is 5.39. The van der Waals surface area contributed by atoms with Gasteiger partial charge in [-0.25, -0.2) is 0 Å². The maximum atomic E-state index is 5.65. The second-order valence-electron chi connectivity index (χ2n) is 4.12. The van der Waals surface area contributed by atoms with Crippen molar-refractivity contribution in [1.29, 1.82) is 0 Å². The molecule has 0 spiro atoms. The molecule has 0 saturated carbocycles. The van der Waals surface area contributed by atoms with Crippen molar-refractivity contribution in [3.63, 3.8) is 0 Å². The van der Waals surface area contributed by atoms with Crippen molar-refractivity contribution in [3.05, 3.63) is 24.3 Å². The van der Waals surface area contributed by atoms with Gasteiger partial charge in [-0.1, -0.05) is 12.1 Å². The first-order chi connectivity index (χ1) is 9.47. The van der Waals surface area contributed by atoms with Gasteiger partial charge in [-0.3, -0.25) is 0 Å². The normalized spacial score (nSPS) is 19.2. The molecule has 0 radical (unpaired) electrons. The summed E-state index contributed by atoms with van der Waals surface area (Å²) in [5.74, 6) is 1.50. The van der Waals surface area contributed by atoms with Gasteiger partial charge in [0.15, 0.2) is 11.5 Å². The SMILES string of the molecule is c1ccc2c(c1)OCCOCCNCCOCCO2. The van der Waals surface area contributed by atoms with Crippen LogP contribution >= 0.6 is 0 Å². The van der Waals surface area contributed by atoms with Crippen LogP contribution in [0, 0.1) is 0 Å². The van der Waals surface area contributed by atoms with Gasteiger partial charge in [0.1, 0.15) is 13.2 Å². The van der Waals surface area contributed by atoms with Crippen LogP contribution in [0.4, 0.5) is 0 Å². The molecule has 2 rings (SSSR count). The van der Waals surface area contributed by atoms with Crippen molar-refractivity contribution in [2.24, 2.45) is 0 Å². The molecular weight excluding hydrogens is 246 g/mol. The fourth-order valence-corrected chi connectivity index (χ4v) is 1.73. The van der Waals surface area contributed by atoms with Crippen molar-refractivity contribution in [3.8, 4) is 11.5 Å². The number of fused-ring (bicyclic) bond motifs is 1. The molecule has 0 aromatic heterocycles. The van der Waals surface area contributed by atoms with Crippen LogP contribution in [-0.2, 0) is 9.47 Å². The Labute approximate surface area is 113 Å². The molecule has 0 atom stereocenters. The number of hydrogen-bond acceptors (Lipinski definition) is 5. The average molecular weight is 267 g/mol. The first-order valence-electron chi connectivity index (χ1n) is 6.67. The minimum Gasteiger partial charge on any atom is -0.487 e. The molecule has 5 nitrogen and oxygen atoms in total. The van der Waals surface area contributed by atoms with Crippen molar-refractivity contribution in [1.82, 2.24) is 5.32 Å². The van der Waals surface area contributed by atoms with Gasteiger partial charge in [0.25, 0.3) is 0 Å². The molecule has 0 fully saturated rings. The third kappa shape index (κ3) is 5.46. The summed E-state index contributed by atoms with van der Waals surface area (Å²) >= 11 is 0. The van der Waals surface area contributed by atoms with E-state index in [0.717, 1.165) is 24.6 Å². The number of para-hydroxylation sites is 2. The second-order valence-corrected chi connectivity index (χ2v) is 4.12. The predicted molar refractivity (Wildman–Crippen MR) is 71.9 cm³/mol. The van der Waals surface area contributed by atoms with Crippen LogP contribution in [0.5, 0.6) is 11.5 Å². The summed E-state index contributed by atoms with van der Waals surface area (Å²) in [4.78, 5) is 0. The van der Waals surface area contributed by atoms with E-state index in [9.17, 15) is 0 Å². The number of hydrogen-bond donors (Lipinski definition) is 1. The van der Waals surface area contributed by atoms with Gasteiger partial charge in [0, 0.05) is 13.1 Å². The van der Waals surface area contributed by atoms with E-state index in [-0.39, 0.29) is 0 Å². The number of ether oxygens (including phenoxy) is 4. The molecule has 1 aromatic rings. The smallest absolute Gasteiger partial charge is 0.161 e. The topological polar surface area (TPSA) is 49.0 Å². The van der Waals surface area contributed by atoms with Crippen LogP contribution in [0.1, 0.15) is 0 Å². The van der Waals surface area contributed by atoms with Gasteiger partial charge < -0.3 is 24.3 Å². The molecule has 5 heteroatoms. The lowest BCUT2D eigenvalue weighted by Crippen LogP contribution is -2.25. The lowest BCUT2D eigenvalue weighted by molar-refractivity contribution is 0.0975. The summed E-state index contributed by atoms with van der Waals surface area (Å²) in [7, 11) is 0. The van der Waals surface area contributed by atoms with Crippen LogP contribution in [0.2, 0.25) is 0 Å². The number of rotatable bonds is 0.